The number of nitrogens with two attached hydrogens (primary N) is 1. The quantitative estimate of drug-likeness (QED) is 0.832. The van der Waals surface area contributed by atoms with Crippen molar-refractivity contribution in [2.75, 3.05) is 25.6 Å². The standard InChI is InChI=1S/C12H19FN2O2S/c1-15(3-4-18(2,16)17)9-11-5-10(8-14)6-12(13)7-11/h5-7H,3-4,8-9,14H2,1-2H3. The van der Waals surface area contributed by atoms with Crippen LogP contribution in [0.15, 0.2) is 18.2 Å². The van der Waals surface area contributed by atoms with Crippen LogP contribution < -0.4 is 5.73 Å². The molecule has 1 aromatic rings. The molecule has 0 radical (unpaired) electrons. The molecule has 0 saturated carbocycles. The van der Waals surface area contributed by atoms with Crippen molar-refractivity contribution in [3.05, 3.63) is 35.1 Å². The zero-order chi connectivity index (χ0) is 13.8. The predicted molar refractivity (Wildman–Crippen MR) is 70.3 cm³/mol. The third-order valence-corrected chi connectivity index (χ3v) is 3.47. The van der Waals surface area contributed by atoms with E-state index < -0.39 is 9.84 Å². The van der Waals surface area contributed by atoms with Crippen LogP contribution in [-0.4, -0.2) is 38.9 Å². The van der Waals surface area contributed by atoms with Crippen LogP contribution in [0.25, 0.3) is 0 Å². The van der Waals surface area contributed by atoms with Crippen LogP contribution in [0.4, 0.5) is 4.39 Å². The van der Waals surface area contributed by atoms with Crippen LogP contribution in [0.3, 0.4) is 0 Å². The molecule has 0 atom stereocenters. The van der Waals surface area contributed by atoms with Gasteiger partial charge >= 0.3 is 0 Å². The van der Waals surface area contributed by atoms with E-state index in [0.717, 1.165) is 11.1 Å². The summed E-state index contributed by atoms with van der Waals surface area (Å²) in [5.41, 5.74) is 7.01. The summed E-state index contributed by atoms with van der Waals surface area (Å²) in [5, 5.41) is 0. The van der Waals surface area contributed by atoms with Crippen molar-refractivity contribution in [3.63, 3.8) is 0 Å². The molecule has 4 nitrogen and oxygen atoms in total. The van der Waals surface area contributed by atoms with Gasteiger partial charge in [-0.2, -0.15) is 0 Å². The number of rotatable bonds is 6. The molecule has 1 rings (SSSR count). The average molecular weight is 274 g/mol. The van der Waals surface area contributed by atoms with Crippen molar-refractivity contribution in [2.45, 2.75) is 13.1 Å². The smallest absolute Gasteiger partial charge is 0.148 e. The molecule has 0 aromatic heterocycles. The zero-order valence-electron chi connectivity index (χ0n) is 10.7. The van der Waals surface area contributed by atoms with E-state index in [0.29, 0.717) is 13.1 Å². The largest absolute Gasteiger partial charge is 0.326 e. The third kappa shape index (κ3) is 5.57. The fourth-order valence-corrected chi connectivity index (χ4v) is 2.28. The highest BCUT2D eigenvalue weighted by molar-refractivity contribution is 7.90. The first-order chi connectivity index (χ1) is 8.30. The third-order valence-electron chi connectivity index (χ3n) is 2.55. The van der Waals surface area contributed by atoms with Gasteiger partial charge in [0.15, 0.2) is 0 Å². The van der Waals surface area contributed by atoms with Crippen molar-refractivity contribution in [1.29, 1.82) is 0 Å². The van der Waals surface area contributed by atoms with Gasteiger partial charge in [-0.1, -0.05) is 6.07 Å². The fourth-order valence-electron chi connectivity index (χ4n) is 1.64. The minimum atomic E-state index is -2.97. The number of nitrogens with zero attached hydrogens (tertiary/aromatic N) is 1. The lowest BCUT2D eigenvalue weighted by molar-refractivity contribution is 0.345. The molecule has 102 valence electrons. The van der Waals surface area contributed by atoms with Crippen molar-refractivity contribution in [1.82, 2.24) is 4.90 Å². The molecule has 0 bridgehead atoms. The molecule has 0 aliphatic carbocycles. The molecule has 0 spiro atoms. The van der Waals surface area contributed by atoms with Crippen molar-refractivity contribution in [3.8, 4) is 0 Å². The van der Waals surface area contributed by atoms with E-state index in [9.17, 15) is 12.8 Å². The Morgan fingerprint density at radius 3 is 2.44 bits per heavy atom. The summed E-state index contributed by atoms with van der Waals surface area (Å²) in [6.07, 6.45) is 1.20. The summed E-state index contributed by atoms with van der Waals surface area (Å²) >= 11 is 0. The Kier molecular flexibility index (Phi) is 5.25. The maximum absolute atomic E-state index is 13.3. The number of halogens is 1. The van der Waals surface area contributed by atoms with E-state index in [1.54, 1.807) is 7.05 Å². The van der Waals surface area contributed by atoms with Gasteiger partial charge in [-0.15, -0.1) is 0 Å². The van der Waals surface area contributed by atoms with Crippen LogP contribution in [0.2, 0.25) is 0 Å². The summed E-state index contributed by atoms with van der Waals surface area (Å²) in [4.78, 5) is 1.84. The van der Waals surface area contributed by atoms with Crippen molar-refractivity contribution >= 4 is 9.84 Å². The minimum Gasteiger partial charge on any atom is -0.326 e. The van der Waals surface area contributed by atoms with Gasteiger partial charge in [-0.25, -0.2) is 12.8 Å². The summed E-state index contributed by atoms with van der Waals surface area (Å²) in [5.74, 6) is -0.216. The molecule has 0 unspecified atom stereocenters. The molecular formula is C12H19FN2O2S. The van der Waals surface area contributed by atoms with Gasteiger partial charge in [0.05, 0.1) is 5.75 Å². The molecule has 2 N–H and O–H groups in total. The molecule has 1 aromatic carbocycles. The van der Waals surface area contributed by atoms with E-state index in [1.807, 2.05) is 11.0 Å². The van der Waals surface area contributed by atoms with Gasteiger partial charge in [0, 0.05) is 25.9 Å². The SMILES string of the molecule is CN(CCS(C)(=O)=O)Cc1cc(F)cc(CN)c1. The zero-order valence-corrected chi connectivity index (χ0v) is 11.5. The highest BCUT2D eigenvalue weighted by atomic mass is 32.2. The first-order valence-corrected chi connectivity index (χ1v) is 7.71. The maximum atomic E-state index is 13.3. The summed E-state index contributed by atoms with van der Waals surface area (Å²) < 4.78 is 35.3. The molecule has 0 saturated heterocycles. The second-order valence-corrected chi connectivity index (χ2v) is 6.80. The van der Waals surface area contributed by atoms with E-state index in [2.05, 4.69) is 0 Å². The van der Waals surface area contributed by atoms with E-state index in [1.165, 1.54) is 18.4 Å². The molecule has 0 fully saturated rings. The predicted octanol–water partition coefficient (Wildman–Crippen LogP) is 0.761. The molecule has 0 amide bonds. The van der Waals surface area contributed by atoms with Crippen molar-refractivity contribution in [2.24, 2.45) is 5.73 Å². The monoisotopic (exact) mass is 274 g/mol. The molecule has 0 aliphatic heterocycles. The Labute approximate surface area is 108 Å². The van der Waals surface area contributed by atoms with Crippen LogP contribution >= 0.6 is 0 Å². The van der Waals surface area contributed by atoms with E-state index in [4.69, 9.17) is 5.73 Å². The normalized spacial score (nSPS) is 12.1. The first-order valence-electron chi connectivity index (χ1n) is 5.65. The number of hydrogen-bond acceptors (Lipinski definition) is 4. The lowest BCUT2D eigenvalue weighted by Crippen LogP contribution is -2.25. The Morgan fingerprint density at radius 2 is 1.89 bits per heavy atom. The topological polar surface area (TPSA) is 63.4 Å². The number of sulfone groups is 1. The molecule has 0 heterocycles. The van der Waals surface area contributed by atoms with Gasteiger partial charge in [0.1, 0.15) is 15.7 Å². The lowest BCUT2D eigenvalue weighted by Gasteiger charge is -2.16. The summed E-state index contributed by atoms with van der Waals surface area (Å²) in [6.45, 7) is 1.21. The second kappa shape index (κ2) is 6.26. The maximum Gasteiger partial charge on any atom is 0.148 e. The van der Waals surface area contributed by atoms with Gasteiger partial charge < -0.3 is 10.6 Å². The summed E-state index contributed by atoms with van der Waals surface area (Å²) in [6, 6.07) is 4.68. The summed E-state index contributed by atoms with van der Waals surface area (Å²) in [7, 11) is -1.16. The van der Waals surface area contributed by atoms with Crippen LogP contribution in [0.5, 0.6) is 0 Å². The number of hydrogen-bond donors (Lipinski definition) is 1. The van der Waals surface area contributed by atoms with Gasteiger partial charge in [0.25, 0.3) is 0 Å². The Morgan fingerprint density at radius 1 is 1.28 bits per heavy atom. The van der Waals surface area contributed by atoms with E-state index in [-0.39, 0.29) is 18.1 Å². The second-order valence-electron chi connectivity index (χ2n) is 4.54. The highest BCUT2D eigenvalue weighted by Gasteiger charge is 2.07. The van der Waals surface area contributed by atoms with Gasteiger partial charge in [-0.3, -0.25) is 0 Å². The Bertz CT molecular complexity index is 503. The molecular weight excluding hydrogens is 255 g/mol. The first kappa shape index (κ1) is 15.1. The van der Waals surface area contributed by atoms with Crippen molar-refractivity contribution < 1.29 is 12.8 Å². The van der Waals surface area contributed by atoms with Crippen LogP contribution in [0.1, 0.15) is 11.1 Å². The van der Waals surface area contributed by atoms with Crippen LogP contribution in [-0.2, 0) is 22.9 Å². The minimum absolute atomic E-state index is 0.0998. The van der Waals surface area contributed by atoms with Gasteiger partial charge in [-0.05, 0) is 30.3 Å². The van der Waals surface area contributed by atoms with E-state index >= 15 is 0 Å². The Balaban J connectivity index is 2.64. The van der Waals surface area contributed by atoms with Gasteiger partial charge in [0.2, 0.25) is 0 Å². The molecule has 18 heavy (non-hydrogen) atoms. The highest BCUT2D eigenvalue weighted by Crippen LogP contribution is 2.10. The molecule has 6 heteroatoms. The Hall–Kier alpha value is -0.980. The average Bonchev–Trinajstić information content (AvgIpc) is 2.24. The lowest BCUT2D eigenvalue weighted by atomic mass is 10.1. The van der Waals surface area contributed by atoms with Crippen LogP contribution in [0, 0.1) is 5.82 Å². The number of benzene rings is 1. The fraction of sp³-hybridized carbons (Fsp3) is 0.500. The molecule has 0 aliphatic rings.